The number of hydrogen-bond donors (Lipinski definition) is 1. The Morgan fingerprint density at radius 2 is 2.20 bits per heavy atom. The molecular weight excluding hydrogens is 318 g/mol. The van der Waals surface area contributed by atoms with Gasteiger partial charge in [-0.15, -0.1) is 22.7 Å². The third-order valence-electron chi connectivity index (χ3n) is 2.39. The standard InChI is InChI=1S/C11H13N3O3S3/c1-8-7-19-11(12-8)13-9(15)6-14(2)20(16,17)10-4-3-5-18-10/h3-5,7H,6H2,1-2H3,(H,12,13,15). The summed E-state index contributed by atoms with van der Waals surface area (Å²) in [5.74, 6) is -0.415. The highest BCUT2D eigenvalue weighted by atomic mass is 32.2. The number of sulfonamides is 1. The quantitative estimate of drug-likeness (QED) is 0.905. The van der Waals surface area contributed by atoms with Crippen molar-refractivity contribution in [2.45, 2.75) is 11.1 Å². The van der Waals surface area contributed by atoms with Gasteiger partial charge >= 0.3 is 0 Å². The molecule has 0 saturated heterocycles. The van der Waals surface area contributed by atoms with Crippen molar-refractivity contribution in [2.24, 2.45) is 0 Å². The Balaban J connectivity index is 2.01. The number of thiophene rings is 1. The lowest BCUT2D eigenvalue weighted by Crippen LogP contribution is -2.34. The summed E-state index contributed by atoms with van der Waals surface area (Å²) in [7, 11) is -2.23. The van der Waals surface area contributed by atoms with E-state index in [4.69, 9.17) is 0 Å². The summed E-state index contributed by atoms with van der Waals surface area (Å²) in [6, 6.07) is 3.17. The Kier molecular flexibility index (Phi) is 4.53. The molecule has 0 atom stereocenters. The number of rotatable bonds is 5. The number of thiazole rings is 1. The summed E-state index contributed by atoms with van der Waals surface area (Å²) in [6.07, 6.45) is 0. The number of nitrogens with one attached hydrogen (secondary N) is 1. The average Bonchev–Trinajstić information content (AvgIpc) is 3.00. The minimum absolute atomic E-state index is 0.220. The number of hydrogen-bond acceptors (Lipinski definition) is 6. The first-order valence-corrected chi connectivity index (χ1v) is 8.81. The third-order valence-corrected chi connectivity index (χ3v) is 6.44. The number of nitrogens with zero attached hydrogens (tertiary/aromatic N) is 2. The van der Waals surface area contributed by atoms with Crippen molar-refractivity contribution in [3.05, 3.63) is 28.6 Å². The van der Waals surface area contributed by atoms with E-state index >= 15 is 0 Å². The molecule has 0 radical (unpaired) electrons. The van der Waals surface area contributed by atoms with Crippen LogP contribution in [0.2, 0.25) is 0 Å². The maximum absolute atomic E-state index is 12.1. The van der Waals surface area contributed by atoms with E-state index in [2.05, 4.69) is 10.3 Å². The summed E-state index contributed by atoms with van der Waals surface area (Å²) < 4.78 is 25.5. The number of carbonyl (C=O) groups excluding carboxylic acids is 1. The van der Waals surface area contributed by atoms with Crippen molar-refractivity contribution in [1.29, 1.82) is 0 Å². The molecule has 0 saturated carbocycles. The second-order valence-electron chi connectivity index (χ2n) is 4.04. The van der Waals surface area contributed by atoms with Crippen LogP contribution in [0.1, 0.15) is 5.69 Å². The largest absolute Gasteiger partial charge is 0.301 e. The van der Waals surface area contributed by atoms with Gasteiger partial charge in [0.05, 0.1) is 12.2 Å². The molecule has 2 aromatic rings. The molecule has 0 bridgehead atoms. The molecule has 0 aromatic carbocycles. The van der Waals surface area contributed by atoms with Crippen LogP contribution in [-0.4, -0.2) is 37.2 Å². The maximum Gasteiger partial charge on any atom is 0.252 e. The van der Waals surface area contributed by atoms with Crippen molar-refractivity contribution in [3.8, 4) is 0 Å². The normalized spacial score (nSPS) is 11.8. The van der Waals surface area contributed by atoms with Gasteiger partial charge in [-0.1, -0.05) is 6.07 Å². The van der Waals surface area contributed by atoms with E-state index < -0.39 is 15.9 Å². The molecule has 0 spiro atoms. The van der Waals surface area contributed by atoms with Gasteiger partial charge in [0.15, 0.2) is 5.13 Å². The predicted octanol–water partition coefficient (Wildman–Crippen LogP) is 1.77. The van der Waals surface area contributed by atoms with Gasteiger partial charge < -0.3 is 5.32 Å². The molecule has 1 N–H and O–H groups in total. The summed E-state index contributed by atoms with van der Waals surface area (Å²) in [5, 5.41) is 6.53. The first kappa shape index (κ1) is 15.1. The number of amides is 1. The van der Waals surface area contributed by atoms with Crippen LogP contribution in [0.5, 0.6) is 0 Å². The smallest absolute Gasteiger partial charge is 0.252 e. The first-order chi connectivity index (χ1) is 9.39. The lowest BCUT2D eigenvalue weighted by molar-refractivity contribution is -0.116. The number of carbonyl (C=O) groups is 1. The van der Waals surface area contributed by atoms with Crippen molar-refractivity contribution < 1.29 is 13.2 Å². The van der Waals surface area contributed by atoms with Gasteiger partial charge in [-0.2, -0.15) is 4.31 Å². The molecule has 108 valence electrons. The highest BCUT2D eigenvalue weighted by Gasteiger charge is 2.24. The summed E-state index contributed by atoms with van der Waals surface area (Å²) in [4.78, 5) is 15.9. The Morgan fingerprint density at radius 1 is 1.45 bits per heavy atom. The van der Waals surface area contributed by atoms with E-state index in [1.165, 1.54) is 24.5 Å². The number of likely N-dealkylation sites (N-methyl/N-ethyl adjacent to an activating group) is 1. The maximum atomic E-state index is 12.1. The second-order valence-corrected chi connectivity index (χ2v) is 8.11. The van der Waals surface area contributed by atoms with E-state index in [9.17, 15) is 13.2 Å². The lowest BCUT2D eigenvalue weighted by atomic mass is 10.6. The highest BCUT2D eigenvalue weighted by Crippen LogP contribution is 2.20. The van der Waals surface area contributed by atoms with E-state index in [1.54, 1.807) is 11.4 Å². The molecule has 0 fully saturated rings. The first-order valence-electron chi connectivity index (χ1n) is 5.61. The Morgan fingerprint density at radius 3 is 2.75 bits per heavy atom. The Labute approximate surface area is 125 Å². The van der Waals surface area contributed by atoms with Crippen LogP contribution in [0.25, 0.3) is 0 Å². The van der Waals surface area contributed by atoms with Crippen molar-refractivity contribution in [1.82, 2.24) is 9.29 Å². The molecule has 6 nitrogen and oxygen atoms in total. The molecule has 2 heterocycles. The minimum atomic E-state index is -3.60. The molecule has 1 amide bonds. The summed E-state index contributed by atoms with van der Waals surface area (Å²) in [6.45, 7) is 1.57. The number of aryl methyl sites for hydroxylation is 1. The van der Waals surface area contributed by atoms with Gasteiger partial charge in [0.2, 0.25) is 5.91 Å². The van der Waals surface area contributed by atoms with Crippen LogP contribution in [0.15, 0.2) is 27.1 Å². The molecule has 9 heteroatoms. The molecule has 20 heavy (non-hydrogen) atoms. The lowest BCUT2D eigenvalue weighted by Gasteiger charge is -2.14. The minimum Gasteiger partial charge on any atom is -0.301 e. The molecular formula is C11H13N3O3S3. The topological polar surface area (TPSA) is 79.4 Å². The average molecular weight is 331 g/mol. The zero-order chi connectivity index (χ0) is 14.8. The van der Waals surface area contributed by atoms with Gasteiger partial charge in [0.1, 0.15) is 4.21 Å². The Hall–Kier alpha value is -1.29. The van der Waals surface area contributed by atoms with Crippen molar-refractivity contribution >= 4 is 43.7 Å². The zero-order valence-electron chi connectivity index (χ0n) is 10.9. The van der Waals surface area contributed by atoms with Crippen LogP contribution >= 0.6 is 22.7 Å². The van der Waals surface area contributed by atoms with Crippen LogP contribution < -0.4 is 5.32 Å². The van der Waals surface area contributed by atoms with E-state index in [0.29, 0.717) is 5.13 Å². The van der Waals surface area contributed by atoms with E-state index in [-0.39, 0.29) is 10.8 Å². The fourth-order valence-electron chi connectivity index (χ4n) is 1.42. The molecule has 2 rings (SSSR count). The molecule has 2 aromatic heterocycles. The predicted molar refractivity (Wildman–Crippen MR) is 79.6 cm³/mol. The van der Waals surface area contributed by atoms with Gasteiger partial charge in [0, 0.05) is 12.4 Å². The highest BCUT2D eigenvalue weighted by molar-refractivity contribution is 7.91. The Bertz CT molecular complexity index is 692. The fraction of sp³-hybridized carbons (Fsp3) is 0.273. The van der Waals surface area contributed by atoms with Crippen LogP contribution in [-0.2, 0) is 14.8 Å². The summed E-state index contributed by atoms with van der Waals surface area (Å²) >= 11 is 2.42. The summed E-state index contributed by atoms with van der Waals surface area (Å²) in [5.41, 5.74) is 0.810. The number of aromatic nitrogens is 1. The number of anilines is 1. The van der Waals surface area contributed by atoms with Crippen molar-refractivity contribution in [3.63, 3.8) is 0 Å². The molecule has 0 aliphatic carbocycles. The molecule has 0 aliphatic rings. The molecule has 0 aliphatic heterocycles. The fourth-order valence-corrected chi connectivity index (χ4v) is 4.45. The van der Waals surface area contributed by atoms with Crippen molar-refractivity contribution in [2.75, 3.05) is 18.9 Å². The van der Waals surface area contributed by atoms with Gasteiger partial charge in [-0.3, -0.25) is 4.79 Å². The molecule has 0 unspecified atom stereocenters. The monoisotopic (exact) mass is 331 g/mol. The van der Waals surface area contributed by atoms with Crippen LogP contribution in [0.4, 0.5) is 5.13 Å². The zero-order valence-corrected chi connectivity index (χ0v) is 13.3. The SMILES string of the molecule is Cc1csc(NC(=O)CN(C)S(=O)(=O)c2cccs2)n1. The van der Waals surface area contributed by atoms with Gasteiger partial charge in [-0.05, 0) is 18.4 Å². The van der Waals surface area contributed by atoms with E-state index in [1.807, 2.05) is 12.3 Å². The van der Waals surface area contributed by atoms with Crippen LogP contribution in [0.3, 0.4) is 0 Å². The van der Waals surface area contributed by atoms with Crippen LogP contribution in [0, 0.1) is 6.92 Å². The van der Waals surface area contributed by atoms with Gasteiger partial charge in [-0.25, -0.2) is 13.4 Å². The third kappa shape index (κ3) is 3.42. The van der Waals surface area contributed by atoms with Gasteiger partial charge in [0.25, 0.3) is 10.0 Å². The second kappa shape index (κ2) is 6.00. The van der Waals surface area contributed by atoms with E-state index in [0.717, 1.165) is 21.3 Å².